The molecule has 0 saturated heterocycles. The van der Waals surface area contributed by atoms with Gasteiger partial charge >= 0.3 is 0 Å². The fourth-order valence-corrected chi connectivity index (χ4v) is 3.97. The van der Waals surface area contributed by atoms with E-state index in [2.05, 4.69) is 26.4 Å². The second-order valence-electron chi connectivity index (χ2n) is 5.84. The minimum absolute atomic E-state index is 0.0228. The molecule has 1 N–H and O–H groups in total. The summed E-state index contributed by atoms with van der Waals surface area (Å²) in [5, 5.41) is 6.79. The van der Waals surface area contributed by atoms with Crippen molar-refractivity contribution >= 4 is 55.0 Å². The van der Waals surface area contributed by atoms with Gasteiger partial charge in [0.05, 0.1) is 16.3 Å². The van der Waals surface area contributed by atoms with Crippen molar-refractivity contribution in [2.45, 2.75) is 11.8 Å². The molecule has 146 valence electrons. The minimum atomic E-state index is -3.87. The number of hydrogen-bond donors (Lipinski definition) is 1. The zero-order valence-corrected chi connectivity index (χ0v) is 18.0. The fraction of sp³-hybridized carbons (Fsp3) is 0.111. The van der Waals surface area contributed by atoms with Crippen LogP contribution in [0.25, 0.3) is 0 Å². The molecule has 0 aliphatic rings. The van der Waals surface area contributed by atoms with Gasteiger partial charge in [0.2, 0.25) is 5.88 Å². The molecule has 0 radical (unpaired) electrons. The Balaban J connectivity index is 1.88. The van der Waals surface area contributed by atoms with Gasteiger partial charge in [-0.1, -0.05) is 22.8 Å². The lowest BCUT2D eigenvalue weighted by Crippen LogP contribution is -2.26. The average Bonchev–Trinajstić information content (AvgIpc) is 3.00. The first-order chi connectivity index (χ1) is 13.2. The third-order valence-corrected chi connectivity index (χ3v) is 6.93. The SMILES string of the molecule is Cc1noc(NC(=O)c2cccc(S(=O)(=O)N(C)c3ccc(Cl)cc3)c2)c1Br. The number of sulfonamides is 1. The Labute approximate surface area is 175 Å². The quantitative estimate of drug-likeness (QED) is 0.576. The van der Waals surface area contributed by atoms with E-state index in [1.54, 1.807) is 31.2 Å². The number of halogens is 2. The predicted molar refractivity (Wildman–Crippen MR) is 110 cm³/mol. The van der Waals surface area contributed by atoms with E-state index in [9.17, 15) is 13.2 Å². The zero-order valence-electron chi connectivity index (χ0n) is 14.8. The number of carbonyl (C=O) groups is 1. The van der Waals surface area contributed by atoms with Crippen LogP contribution in [0.3, 0.4) is 0 Å². The summed E-state index contributed by atoms with van der Waals surface area (Å²) >= 11 is 9.12. The first-order valence-corrected chi connectivity index (χ1v) is 10.6. The largest absolute Gasteiger partial charge is 0.337 e. The first kappa shape index (κ1) is 20.4. The maximum absolute atomic E-state index is 12.9. The summed E-state index contributed by atoms with van der Waals surface area (Å²) in [6.45, 7) is 1.71. The predicted octanol–water partition coefficient (Wildman–Crippen LogP) is 4.48. The maximum Gasteiger partial charge on any atom is 0.264 e. The second kappa shape index (κ2) is 7.94. The maximum atomic E-state index is 12.9. The summed E-state index contributed by atoms with van der Waals surface area (Å²) in [4.78, 5) is 12.5. The summed E-state index contributed by atoms with van der Waals surface area (Å²) in [5.41, 5.74) is 1.18. The molecule has 0 spiro atoms. The van der Waals surface area contributed by atoms with Crippen molar-refractivity contribution in [2.75, 3.05) is 16.7 Å². The molecule has 28 heavy (non-hydrogen) atoms. The number of hydrogen-bond acceptors (Lipinski definition) is 5. The zero-order chi connectivity index (χ0) is 20.5. The van der Waals surface area contributed by atoms with Crippen LogP contribution >= 0.6 is 27.5 Å². The molecule has 1 heterocycles. The van der Waals surface area contributed by atoms with Crippen molar-refractivity contribution in [3.05, 3.63) is 69.3 Å². The molecule has 0 fully saturated rings. The van der Waals surface area contributed by atoms with Gasteiger partial charge in [0, 0.05) is 17.6 Å². The second-order valence-corrected chi connectivity index (χ2v) is 9.04. The van der Waals surface area contributed by atoms with Crippen molar-refractivity contribution in [2.24, 2.45) is 0 Å². The highest BCUT2D eigenvalue weighted by atomic mass is 79.9. The molecule has 0 atom stereocenters. The minimum Gasteiger partial charge on any atom is -0.337 e. The van der Waals surface area contributed by atoms with Crippen LogP contribution in [0, 0.1) is 6.92 Å². The molecular formula is C18H15BrClN3O4S. The summed E-state index contributed by atoms with van der Waals surface area (Å²) in [6, 6.07) is 12.1. The average molecular weight is 485 g/mol. The monoisotopic (exact) mass is 483 g/mol. The summed E-state index contributed by atoms with van der Waals surface area (Å²) < 4.78 is 32.5. The Kier molecular flexibility index (Phi) is 5.78. The van der Waals surface area contributed by atoms with Gasteiger partial charge < -0.3 is 4.52 Å². The topological polar surface area (TPSA) is 92.5 Å². The molecule has 0 aliphatic carbocycles. The fourth-order valence-electron chi connectivity index (χ4n) is 2.36. The highest BCUT2D eigenvalue weighted by Crippen LogP contribution is 2.27. The molecule has 0 bridgehead atoms. The van der Waals surface area contributed by atoms with Gasteiger partial charge in [0.1, 0.15) is 4.47 Å². The van der Waals surface area contributed by atoms with E-state index < -0.39 is 15.9 Å². The van der Waals surface area contributed by atoms with Gasteiger partial charge in [-0.3, -0.25) is 14.4 Å². The van der Waals surface area contributed by atoms with E-state index >= 15 is 0 Å². The number of nitrogens with one attached hydrogen (secondary N) is 1. The molecule has 0 unspecified atom stereocenters. The molecule has 2 aromatic carbocycles. The normalized spacial score (nSPS) is 11.3. The van der Waals surface area contributed by atoms with Crippen LogP contribution in [0.4, 0.5) is 11.6 Å². The van der Waals surface area contributed by atoms with Gasteiger partial charge in [-0.15, -0.1) is 0 Å². The number of carbonyl (C=O) groups excluding carboxylic acids is 1. The summed E-state index contributed by atoms with van der Waals surface area (Å²) in [7, 11) is -2.44. The molecule has 0 aliphatic heterocycles. The van der Waals surface area contributed by atoms with Crippen LogP contribution < -0.4 is 9.62 Å². The molecule has 1 aromatic heterocycles. The van der Waals surface area contributed by atoms with Crippen LogP contribution in [-0.2, 0) is 10.0 Å². The number of amides is 1. The lowest BCUT2D eigenvalue weighted by molar-refractivity contribution is 0.102. The van der Waals surface area contributed by atoms with E-state index in [4.69, 9.17) is 16.1 Å². The molecule has 7 nitrogen and oxygen atoms in total. The van der Waals surface area contributed by atoms with Crippen LogP contribution in [0.15, 0.2) is 62.4 Å². The van der Waals surface area contributed by atoms with Gasteiger partial charge in [0.15, 0.2) is 0 Å². The molecule has 0 saturated carbocycles. The number of rotatable bonds is 5. The first-order valence-electron chi connectivity index (χ1n) is 7.98. The number of aryl methyl sites for hydroxylation is 1. The highest BCUT2D eigenvalue weighted by Gasteiger charge is 2.23. The van der Waals surface area contributed by atoms with Crippen molar-refractivity contribution in [3.63, 3.8) is 0 Å². The van der Waals surface area contributed by atoms with Crippen molar-refractivity contribution < 1.29 is 17.7 Å². The number of nitrogens with zero attached hydrogens (tertiary/aromatic N) is 2. The Morgan fingerprint density at radius 3 is 2.50 bits per heavy atom. The van der Waals surface area contributed by atoms with E-state index in [-0.39, 0.29) is 16.3 Å². The number of aromatic nitrogens is 1. The molecule has 3 rings (SSSR count). The summed E-state index contributed by atoms with van der Waals surface area (Å²) in [5.74, 6) is -0.378. The Hall–Kier alpha value is -2.36. The standard InChI is InChI=1S/C18H15BrClN3O4S/c1-11-16(19)18(27-22-11)21-17(24)12-4-3-5-15(10-12)28(25,26)23(2)14-8-6-13(20)7-9-14/h3-10H,1-2H3,(H,21,24). The van der Waals surface area contributed by atoms with Crippen molar-refractivity contribution in [3.8, 4) is 0 Å². The smallest absolute Gasteiger partial charge is 0.264 e. The van der Waals surface area contributed by atoms with Crippen LogP contribution in [-0.4, -0.2) is 26.5 Å². The van der Waals surface area contributed by atoms with Crippen molar-refractivity contribution in [1.82, 2.24) is 5.16 Å². The Bertz CT molecular complexity index is 1130. The Morgan fingerprint density at radius 1 is 1.21 bits per heavy atom. The Morgan fingerprint density at radius 2 is 1.89 bits per heavy atom. The van der Waals surface area contributed by atoms with Crippen molar-refractivity contribution in [1.29, 1.82) is 0 Å². The van der Waals surface area contributed by atoms with Crippen LogP contribution in [0.1, 0.15) is 16.1 Å². The van der Waals surface area contributed by atoms with Gasteiger partial charge in [0.25, 0.3) is 15.9 Å². The third-order valence-electron chi connectivity index (χ3n) is 3.96. The van der Waals surface area contributed by atoms with Crippen LogP contribution in [0.5, 0.6) is 0 Å². The van der Waals surface area contributed by atoms with E-state index in [0.717, 1.165) is 4.31 Å². The number of anilines is 2. The number of benzene rings is 2. The lowest BCUT2D eigenvalue weighted by Gasteiger charge is -2.20. The van der Waals surface area contributed by atoms with Gasteiger partial charge in [-0.2, -0.15) is 0 Å². The molecular weight excluding hydrogens is 470 g/mol. The van der Waals surface area contributed by atoms with E-state index in [1.807, 2.05) is 0 Å². The van der Waals surface area contributed by atoms with E-state index in [1.165, 1.54) is 31.3 Å². The third kappa shape index (κ3) is 4.06. The summed E-state index contributed by atoms with van der Waals surface area (Å²) in [6.07, 6.45) is 0. The van der Waals surface area contributed by atoms with Crippen LogP contribution in [0.2, 0.25) is 5.02 Å². The molecule has 3 aromatic rings. The van der Waals surface area contributed by atoms with Gasteiger partial charge in [-0.05, 0) is 65.3 Å². The van der Waals surface area contributed by atoms with Gasteiger partial charge in [-0.25, -0.2) is 8.42 Å². The highest BCUT2D eigenvalue weighted by molar-refractivity contribution is 9.10. The molecule has 1 amide bonds. The van der Waals surface area contributed by atoms with E-state index in [0.29, 0.717) is 20.9 Å². The lowest BCUT2D eigenvalue weighted by atomic mass is 10.2. The molecule has 10 heteroatoms.